The molecule has 0 bridgehead atoms. The van der Waals surface area contributed by atoms with Gasteiger partial charge in [-0.05, 0) is 13.0 Å². The van der Waals surface area contributed by atoms with E-state index in [4.69, 9.17) is 16.7 Å². The van der Waals surface area contributed by atoms with Gasteiger partial charge < -0.3 is 10.4 Å². The smallest absolute Gasteiger partial charge is 0.325 e. The lowest BCUT2D eigenvalue weighted by atomic mass is 10.3. The standard InChI is InChI=1S/C8H9ClN2O2/c1-5(8(12)13)11-7-2-3-10-4-6(7)9/h2-5H,1H3,(H,10,11)(H,12,13). The number of hydrogen-bond acceptors (Lipinski definition) is 3. The number of anilines is 1. The fourth-order valence-corrected chi connectivity index (χ4v) is 0.961. The van der Waals surface area contributed by atoms with E-state index in [1.165, 1.54) is 6.20 Å². The Morgan fingerprint density at radius 1 is 1.77 bits per heavy atom. The lowest BCUT2D eigenvalue weighted by Crippen LogP contribution is -2.25. The first kappa shape index (κ1) is 9.80. The molecule has 5 heteroatoms. The fraction of sp³-hybridized carbons (Fsp3) is 0.250. The first-order chi connectivity index (χ1) is 6.11. The molecule has 0 aliphatic heterocycles. The SMILES string of the molecule is CC(Nc1ccncc1Cl)C(=O)O. The van der Waals surface area contributed by atoms with Crippen molar-refractivity contribution in [1.29, 1.82) is 0 Å². The van der Waals surface area contributed by atoms with Crippen LogP contribution < -0.4 is 5.32 Å². The number of halogens is 1. The van der Waals surface area contributed by atoms with E-state index in [0.29, 0.717) is 10.7 Å². The Balaban J connectivity index is 2.74. The van der Waals surface area contributed by atoms with Crippen molar-refractivity contribution in [2.45, 2.75) is 13.0 Å². The molecule has 0 aliphatic rings. The van der Waals surface area contributed by atoms with Crippen molar-refractivity contribution in [3.8, 4) is 0 Å². The first-order valence-corrected chi connectivity index (χ1v) is 4.08. The molecule has 0 amide bonds. The van der Waals surface area contributed by atoms with Crippen molar-refractivity contribution in [2.75, 3.05) is 5.32 Å². The molecule has 0 radical (unpaired) electrons. The Labute approximate surface area is 80.6 Å². The average molecular weight is 201 g/mol. The molecule has 0 fully saturated rings. The van der Waals surface area contributed by atoms with Gasteiger partial charge in [0.05, 0.1) is 10.7 Å². The summed E-state index contributed by atoms with van der Waals surface area (Å²) < 4.78 is 0. The van der Waals surface area contributed by atoms with Gasteiger partial charge in [-0.25, -0.2) is 0 Å². The highest BCUT2D eigenvalue weighted by atomic mass is 35.5. The van der Waals surface area contributed by atoms with E-state index in [1.54, 1.807) is 19.2 Å². The van der Waals surface area contributed by atoms with Crippen LogP contribution in [0, 0.1) is 0 Å². The summed E-state index contributed by atoms with van der Waals surface area (Å²) in [5.41, 5.74) is 0.576. The lowest BCUT2D eigenvalue weighted by molar-refractivity contribution is -0.137. The highest BCUT2D eigenvalue weighted by molar-refractivity contribution is 6.33. The first-order valence-electron chi connectivity index (χ1n) is 3.70. The number of carboxylic acid groups (broad SMARTS) is 1. The van der Waals surface area contributed by atoms with Crippen LogP contribution in [0.15, 0.2) is 18.5 Å². The summed E-state index contributed by atoms with van der Waals surface area (Å²) in [5.74, 6) is -0.923. The molecule has 1 unspecified atom stereocenters. The summed E-state index contributed by atoms with van der Waals surface area (Å²) in [4.78, 5) is 14.3. The van der Waals surface area contributed by atoms with Gasteiger partial charge in [-0.2, -0.15) is 0 Å². The number of carboxylic acids is 1. The van der Waals surface area contributed by atoms with Gasteiger partial charge in [-0.1, -0.05) is 11.6 Å². The molecule has 0 spiro atoms. The van der Waals surface area contributed by atoms with Crippen molar-refractivity contribution < 1.29 is 9.90 Å². The van der Waals surface area contributed by atoms with Crippen LogP contribution in [0.25, 0.3) is 0 Å². The van der Waals surface area contributed by atoms with Crippen molar-refractivity contribution in [3.05, 3.63) is 23.5 Å². The zero-order valence-electron chi connectivity index (χ0n) is 6.99. The summed E-state index contributed by atoms with van der Waals surface area (Å²) >= 11 is 5.76. The highest BCUT2D eigenvalue weighted by Crippen LogP contribution is 2.19. The third-order valence-corrected chi connectivity index (χ3v) is 1.82. The molecule has 1 aromatic heterocycles. The zero-order valence-corrected chi connectivity index (χ0v) is 7.75. The van der Waals surface area contributed by atoms with Gasteiger partial charge in [0.1, 0.15) is 6.04 Å². The number of carbonyl (C=O) groups is 1. The van der Waals surface area contributed by atoms with Gasteiger partial charge in [0.25, 0.3) is 0 Å². The molecular weight excluding hydrogens is 192 g/mol. The van der Waals surface area contributed by atoms with Gasteiger partial charge in [0.15, 0.2) is 0 Å². The van der Waals surface area contributed by atoms with Gasteiger partial charge in [0.2, 0.25) is 0 Å². The Hall–Kier alpha value is -1.29. The van der Waals surface area contributed by atoms with Crippen LogP contribution in [0.3, 0.4) is 0 Å². The molecule has 0 saturated heterocycles. The minimum Gasteiger partial charge on any atom is -0.480 e. The second kappa shape index (κ2) is 4.09. The van der Waals surface area contributed by atoms with E-state index in [1.807, 2.05) is 0 Å². The molecule has 1 heterocycles. The molecule has 1 aromatic rings. The number of rotatable bonds is 3. The van der Waals surface area contributed by atoms with Gasteiger partial charge in [-0.15, -0.1) is 0 Å². The summed E-state index contributed by atoms with van der Waals surface area (Å²) in [6, 6.07) is 0.960. The normalized spacial score (nSPS) is 12.2. The van der Waals surface area contributed by atoms with Crippen LogP contribution in [-0.2, 0) is 4.79 Å². The molecule has 1 atom stereocenters. The number of nitrogens with one attached hydrogen (secondary N) is 1. The molecule has 0 aliphatic carbocycles. The number of hydrogen-bond donors (Lipinski definition) is 2. The fourth-order valence-electron chi connectivity index (χ4n) is 0.787. The summed E-state index contributed by atoms with van der Waals surface area (Å²) in [7, 11) is 0. The predicted octanol–water partition coefficient (Wildman–Crippen LogP) is 1.62. The highest BCUT2D eigenvalue weighted by Gasteiger charge is 2.11. The molecule has 2 N–H and O–H groups in total. The van der Waals surface area contributed by atoms with Crippen LogP contribution in [0.5, 0.6) is 0 Å². The summed E-state index contributed by atoms with van der Waals surface area (Å²) in [5, 5.41) is 11.8. The predicted molar refractivity (Wildman–Crippen MR) is 50.0 cm³/mol. The Kier molecular flexibility index (Phi) is 3.08. The van der Waals surface area contributed by atoms with Gasteiger partial charge in [0, 0.05) is 12.4 Å². The van der Waals surface area contributed by atoms with Crippen molar-refractivity contribution in [1.82, 2.24) is 4.98 Å². The van der Waals surface area contributed by atoms with Crippen LogP contribution >= 0.6 is 11.6 Å². The minimum absolute atomic E-state index is 0.413. The largest absolute Gasteiger partial charge is 0.480 e. The average Bonchev–Trinajstić information content (AvgIpc) is 2.08. The van der Waals surface area contributed by atoms with Crippen LogP contribution in [-0.4, -0.2) is 22.1 Å². The molecule has 0 saturated carbocycles. The molecular formula is C8H9ClN2O2. The minimum atomic E-state index is -0.923. The molecule has 70 valence electrons. The van der Waals surface area contributed by atoms with Crippen molar-refractivity contribution in [2.24, 2.45) is 0 Å². The maximum absolute atomic E-state index is 10.5. The lowest BCUT2D eigenvalue weighted by Gasteiger charge is -2.11. The third kappa shape index (κ3) is 2.59. The molecule has 4 nitrogen and oxygen atoms in total. The molecule has 13 heavy (non-hydrogen) atoms. The summed E-state index contributed by atoms with van der Waals surface area (Å²) in [6.07, 6.45) is 3.00. The van der Waals surface area contributed by atoms with E-state index in [9.17, 15) is 4.79 Å². The Morgan fingerprint density at radius 2 is 2.46 bits per heavy atom. The van der Waals surface area contributed by atoms with Crippen LogP contribution in [0.1, 0.15) is 6.92 Å². The van der Waals surface area contributed by atoms with E-state index in [2.05, 4.69) is 10.3 Å². The topological polar surface area (TPSA) is 62.2 Å². The van der Waals surface area contributed by atoms with E-state index >= 15 is 0 Å². The van der Waals surface area contributed by atoms with E-state index in [-0.39, 0.29) is 0 Å². The van der Waals surface area contributed by atoms with Crippen molar-refractivity contribution >= 4 is 23.3 Å². The zero-order chi connectivity index (χ0) is 9.84. The maximum Gasteiger partial charge on any atom is 0.325 e. The number of pyridine rings is 1. The van der Waals surface area contributed by atoms with Gasteiger partial charge in [-0.3, -0.25) is 9.78 Å². The number of nitrogens with zero attached hydrogens (tertiary/aromatic N) is 1. The quantitative estimate of drug-likeness (QED) is 0.779. The van der Waals surface area contributed by atoms with Crippen LogP contribution in [0.2, 0.25) is 5.02 Å². The van der Waals surface area contributed by atoms with E-state index in [0.717, 1.165) is 0 Å². The van der Waals surface area contributed by atoms with Gasteiger partial charge >= 0.3 is 5.97 Å². The van der Waals surface area contributed by atoms with Crippen molar-refractivity contribution in [3.63, 3.8) is 0 Å². The molecule has 1 rings (SSSR count). The maximum atomic E-state index is 10.5. The second-order valence-corrected chi connectivity index (χ2v) is 2.97. The Bertz CT molecular complexity index is 317. The number of aliphatic carboxylic acids is 1. The summed E-state index contributed by atoms with van der Waals surface area (Å²) in [6.45, 7) is 1.54. The molecule has 0 aromatic carbocycles. The monoisotopic (exact) mass is 200 g/mol. The van der Waals surface area contributed by atoms with Crippen LogP contribution in [0.4, 0.5) is 5.69 Å². The van der Waals surface area contributed by atoms with E-state index < -0.39 is 12.0 Å². The second-order valence-electron chi connectivity index (χ2n) is 2.56. The number of aromatic nitrogens is 1. The third-order valence-electron chi connectivity index (χ3n) is 1.51. The Morgan fingerprint density at radius 3 is 3.00 bits per heavy atom.